The molecule has 5 rings (SSSR count). The standard InChI is InChI=1S/C26H23F/c1-17-7-9-18(10-8-17)21-14-25-23(19-5-3-2-4-6-19)13-20-11-12-22(27)16-24(20)26(25)15-21/h2-12,14,16,23,25-26H,13,15H2,1H3. The molecular formula is C26H23F. The fourth-order valence-electron chi connectivity index (χ4n) is 5.00. The summed E-state index contributed by atoms with van der Waals surface area (Å²) < 4.78 is 14.0. The molecular weight excluding hydrogens is 331 g/mol. The molecule has 3 atom stereocenters. The van der Waals surface area contributed by atoms with Gasteiger partial charge >= 0.3 is 0 Å². The maximum Gasteiger partial charge on any atom is 0.123 e. The third kappa shape index (κ3) is 2.92. The summed E-state index contributed by atoms with van der Waals surface area (Å²) in [6.45, 7) is 2.12. The molecule has 0 saturated carbocycles. The molecule has 0 aliphatic heterocycles. The lowest BCUT2D eigenvalue weighted by molar-refractivity contribution is 0.410. The summed E-state index contributed by atoms with van der Waals surface area (Å²) in [6, 6.07) is 25.0. The zero-order chi connectivity index (χ0) is 18.4. The second-order valence-electron chi connectivity index (χ2n) is 8.01. The van der Waals surface area contributed by atoms with Crippen molar-refractivity contribution in [3.8, 4) is 0 Å². The Morgan fingerprint density at radius 3 is 2.37 bits per heavy atom. The average molecular weight is 354 g/mol. The molecule has 2 aliphatic carbocycles. The molecule has 0 spiro atoms. The van der Waals surface area contributed by atoms with Crippen molar-refractivity contribution in [2.24, 2.45) is 5.92 Å². The van der Waals surface area contributed by atoms with E-state index in [4.69, 9.17) is 0 Å². The summed E-state index contributed by atoms with van der Waals surface area (Å²) in [5.41, 5.74) is 7.91. The van der Waals surface area contributed by atoms with Gasteiger partial charge in [-0.25, -0.2) is 4.39 Å². The Bertz CT molecular complexity index is 998. The zero-order valence-electron chi connectivity index (χ0n) is 15.5. The second kappa shape index (κ2) is 6.49. The molecule has 3 aromatic rings. The van der Waals surface area contributed by atoms with E-state index in [0.29, 0.717) is 17.8 Å². The fraction of sp³-hybridized carbons (Fsp3) is 0.231. The van der Waals surface area contributed by atoms with E-state index < -0.39 is 0 Å². The molecule has 0 nitrogen and oxygen atoms in total. The molecule has 3 unspecified atom stereocenters. The predicted molar refractivity (Wildman–Crippen MR) is 109 cm³/mol. The molecule has 134 valence electrons. The lowest BCUT2D eigenvalue weighted by atomic mass is 9.68. The Labute approximate surface area is 160 Å². The van der Waals surface area contributed by atoms with Crippen molar-refractivity contribution in [2.45, 2.75) is 31.6 Å². The van der Waals surface area contributed by atoms with Gasteiger partial charge in [-0.05, 0) is 77.5 Å². The number of rotatable bonds is 2. The molecule has 1 heteroatoms. The normalized spacial score (nSPS) is 23.5. The van der Waals surface area contributed by atoms with E-state index >= 15 is 0 Å². The Morgan fingerprint density at radius 2 is 1.59 bits per heavy atom. The first-order chi connectivity index (χ1) is 13.2. The van der Waals surface area contributed by atoms with Gasteiger partial charge in [0.15, 0.2) is 0 Å². The predicted octanol–water partition coefficient (Wildman–Crippen LogP) is 6.66. The molecule has 3 aromatic carbocycles. The van der Waals surface area contributed by atoms with Crippen molar-refractivity contribution in [1.29, 1.82) is 0 Å². The van der Waals surface area contributed by atoms with Crippen LogP contribution in [0.4, 0.5) is 4.39 Å². The Hall–Kier alpha value is -2.67. The summed E-state index contributed by atoms with van der Waals surface area (Å²) in [7, 11) is 0. The summed E-state index contributed by atoms with van der Waals surface area (Å²) in [4.78, 5) is 0. The lowest BCUT2D eigenvalue weighted by Gasteiger charge is -2.36. The van der Waals surface area contributed by atoms with Crippen molar-refractivity contribution in [3.63, 3.8) is 0 Å². The number of allylic oxidation sites excluding steroid dienone is 2. The Morgan fingerprint density at radius 1 is 0.815 bits per heavy atom. The Balaban J connectivity index is 1.60. The smallest absolute Gasteiger partial charge is 0.123 e. The van der Waals surface area contributed by atoms with Crippen LogP contribution in [0.2, 0.25) is 0 Å². The molecule has 0 saturated heterocycles. The molecule has 0 heterocycles. The highest BCUT2D eigenvalue weighted by molar-refractivity contribution is 5.70. The van der Waals surface area contributed by atoms with Crippen LogP contribution in [-0.2, 0) is 6.42 Å². The Kier molecular flexibility index (Phi) is 3.97. The topological polar surface area (TPSA) is 0 Å². The number of aryl methyl sites for hydroxylation is 1. The van der Waals surface area contributed by atoms with E-state index in [0.717, 1.165) is 12.8 Å². The average Bonchev–Trinajstić information content (AvgIpc) is 3.14. The second-order valence-corrected chi connectivity index (χ2v) is 8.01. The monoisotopic (exact) mass is 354 g/mol. The van der Waals surface area contributed by atoms with E-state index in [2.05, 4.69) is 67.6 Å². The van der Waals surface area contributed by atoms with Gasteiger partial charge in [0.05, 0.1) is 0 Å². The van der Waals surface area contributed by atoms with Gasteiger partial charge in [-0.15, -0.1) is 0 Å². The van der Waals surface area contributed by atoms with E-state index in [1.165, 1.54) is 33.4 Å². The van der Waals surface area contributed by atoms with Crippen molar-refractivity contribution in [3.05, 3.63) is 113 Å². The first kappa shape index (κ1) is 16.5. The van der Waals surface area contributed by atoms with Crippen molar-refractivity contribution < 1.29 is 4.39 Å². The van der Waals surface area contributed by atoms with Gasteiger partial charge < -0.3 is 0 Å². The lowest BCUT2D eigenvalue weighted by Crippen LogP contribution is -2.25. The first-order valence-electron chi connectivity index (χ1n) is 9.80. The molecule has 0 radical (unpaired) electrons. The van der Waals surface area contributed by atoms with Crippen LogP contribution >= 0.6 is 0 Å². The van der Waals surface area contributed by atoms with Crippen molar-refractivity contribution in [2.75, 3.05) is 0 Å². The van der Waals surface area contributed by atoms with Gasteiger partial charge in [-0.2, -0.15) is 0 Å². The minimum absolute atomic E-state index is 0.116. The molecule has 0 N–H and O–H groups in total. The minimum atomic E-state index is -0.116. The number of benzene rings is 3. The third-order valence-electron chi connectivity index (χ3n) is 6.36. The first-order valence-corrected chi connectivity index (χ1v) is 9.80. The van der Waals surface area contributed by atoms with Crippen LogP contribution in [0, 0.1) is 18.7 Å². The van der Waals surface area contributed by atoms with E-state index in [1.807, 2.05) is 6.07 Å². The van der Waals surface area contributed by atoms with Gasteiger partial charge in [0, 0.05) is 0 Å². The third-order valence-corrected chi connectivity index (χ3v) is 6.36. The largest absolute Gasteiger partial charge is 0.207 e. The van der Waals surface area contributed by atoms with Gasteiger partial charge in [0.2, 0.25) is 0 Å². The fourth-order valence-corrected chi connectivity index (χ4v) is 5.00. The maximum absolute atomic E-state index is 14.0. The van der Waals surface area contributed by atoms with Crippen LogP contribution in [0.1, 0.15) is 46.1 Å². The number of halogens is 1. The zero-order valence-corrected chi connectivity index (χ0v) is 15.5. The van der Waals surface area contributed by atoms with Crippen molar-refractivity contribution >= 4 is 5.57 Å². The van der Waals surface area contributed by atoms with Crippen LogP contribution in [0.15, 0.2) is 78.9 Å². The summed E-state index contributed by atoms with van der Waals surface area (Å²) >= 11 is 0. The van der Waals surface area contributed by atoms with Crippen LogP contribution in [-0.4, -0.2) is 0 Å². The quantitative estimate of drug-likeness (QED) is 0.482. The highest BCUT2D eigenvalue weighted by Crippen LogP contribution is 2.53. The van der Waals surface area contributed by atoms with Gasteiger partial charge in [-0.1, -0.05) is 72.3 Å². The molecule has 0 bridgehead atoms. The maximum atomic E-state index is 14.0. The molecule has 2 aliphatic rings. The van der Waals surface area contributed by atoms with Gasteiger partial charge in [0.1, 0.15) is 5.82 Å². The van der Waals surface area contributed by atoms with Crippen LogP contribution in [0.25, 0.3) is 5.57 Å². The van der Waals surface area contributed by atoms with Gasteiger partial charge in [0.25, 0.3) is 0 Å². The van der Waals surface area contributed by atoms with Crippen LogP contribution < -0.4 is 0 Å². The summed E-state index contributed by atoms with van der Waals surface area (Å²) in [6.07, 6.45) is 4.45. The van der Waals surface area contributed by atoms with Crippen molar-refractivity contribution in [1.82, 2.24) is 0 Å². The SMILES string of the molecule is Cc1ccc(C2=CC3C(c4ccccc4)Cc4ccc(F)cc4C3C2)cc1. The number of fused-ring (bicyclic) bond motifs is 3. The summed E-state index contributed by atoms with van der Waals surface area (Å²) in [5.74, 6) is 1.13. The highest BCUT2D eigenvalue weighted by atomic mass is 19.1. The van der Waals surface area contributed by atoms with E-state index in [9.17, 15) is 4.39 Å². The van der Waals surface area contributed by atoms with E-state index in [1.54, 1.807) is 12.1 Å². The highest BCUT2D eigenvalue weighted by Gasteiger charge is 2.40. The van der Waals surface area contributed by atoms with Crippen LogP contribution in [0.3, 0.4) is 0 Å². The van der Waals surface area contributed by atoms with Crippen LogP contribution in [0.5, 0.6) is 0 Å². The number of hydrogen-bond donors (Lipinski definition) is 0. The molecule has 0 aromatic heterocycles. The minimum Gasteiger partial charge on any atom is -0.207 e. The molecule has 0 fully saturated rings. The summed E-state index contributed by atoms with van der Waals surface area (Å²) in [5, 5.41) is 0. The van der Waals surface area contributed by atoms with E-state index in [-0.39, 0.29) is 5.82 Å². The molecule has 27 heavy (non-hydrogen) atoms. The molecule has 0 amide bonds. The number of hydrogen-bond acceptors (Lipinski definition) is 0. The van der Waals surface area contributed by atoms with Gasteiger partial charge in [-0.3, -0.25) is 0 Å².